The molecule has 0 aliphatic carbocycles. The topological polar surface area (TPSA) is 21.3 Å². The van der Waals surface area contributed by atoms with E-state index >= 15 is 0 Å². The summed E-state index contributed by atoms with van der Waals surface area (Å²) in [6, 6.07) is 16.8. The lowest BCUT2D eigenvalue weighted by molar-refractivity contribution is 0.414. The van der Waals surface area contributed by atoms with E-state index in [4.69, 9.17) is 4.74 Å². The van der Waals surface area contributed by atoms with E-state index in [9.17, 15) is 0 Å². The summed E-state index contributed by atoms with van der Waals surface area (Å²) in [5, 5.41) is 3.47. The van der Waals surface area contributed by atoms with E-state index in [-0.39, 0.29) is 17.0 Å². The molecular weight excluding hydrogens is 314 g/mol. The highest BCUT2D eigenvalue weighted by atomic mass is 79.9. The molecule has 0 fully saturated rings. The van der Waals surface area contributed by atoms with Gasteiger partial charge in [0.15, 0.2) is 0 Å². The van der Waals surface area contributed by atoms with Crippen molar-refractivity contribution in [2.75, 3.05) is 13.7 Å². The molecule has 0 aliphatic heterocycles. The van der Waals surface area contributed by atoms with Gasteiger partial charge in [0.2, 0.25) is 0 Å². The van der Waals surface area contributed by atoms with Gasteiger partial charge in [-0.3, -0.25) is 0 Å². The summed E-state index contributed by atoms with van der Waals surface area (Å²) in [7, 11) is 1.70. The second kappa shape index (κ2) is 8.77. The van der Waals surface area contributed by atoms with Crippen LogP contribution in [0.5, 0.6) is 5.75 Å². The maximum atomic E-state index is 5.22. The van der Waals surface area contributed by atoms with Crippen molar-refractivity contribution in [1.82, 2.24) is 5.32 Å². The summed E-state index contributed by atoms with van der Waals surface area (Å²) >= 11 is 0. The first-order chi connectivity index (χ1) is 9.28. The normalized spacial score (nSPS) is 9.90. The van der Waals surface area contributed by atoms with Crippen LogP contribution in [0.1, 0.15) is 16.7 Å². The third kappa shape index (κ3) is 5.35. The summed E-state index contributed by atoms with van der Waals surface area (Å²) in [5.74, 6) is 0.927. The van der Waals surface area contributed by atoms with Gasteiger partial charge in [-0.2, -0.15) is 0 Å². The van der Waals surface area contributed by atoms with Crippen LogP contribution in [0.3, 0.4) is 0 Å². The van der Waals surface area contributed by atoms with Crippen LogP contribution in [0.15, 0.2) is 48.5 Å². The van der Waals surface area contributed by atoms with Crippen molar-refractivity contribution in [3.8, 4) is 5.75 Å². The summed E-state index contributed by atoms with van der Waals surface area (Å²) in [5.41, 5.74) is 3.95. The predicted octanol–water partition coefficient (Wildman–Crippen LogP) is 3.91. The number of halogens is 1. The minimum Gasteiger partial charge on any atom is -0.497 e. The van der Waals surface area contributed by atoms with Crippen LogP contribution in [0.2, 0.25) is 0 Å². The Bertz CT molecular complexity index is 528. The van der Waals surface area contributed by atoms with Crippen molar-refractivity contribution in [1.29, 1.82) is 0 Å². The lowest BCUT2D eigenvalue weighted by Crippen LogP contribution is -2.16. The van der Waals surface area contributed by atoms with E-state index in [0.717, 1.165) is 25.3 Å². The van der Waals surface area contributed by atoms with Crippen LogP contribution in [0, 0.1) is 6.92 Å². The van der Waals surface area contributed by atoms with E-state index in [1.807, 2.05) is 12.1 Å². The molecule has 0 unspecified atom stereocenters. The molecule has 20 heavy (non-hydrogen) atoms. The van der Waals surface area contributed by atoms with E-state index < -0.39 is 0 Å². The molecule has 0 saturated carbocycles. The maximum absolute atomic E-state index is 5.22. The molecule has 108 valence electrons. The van der Waals surface area contributed by atoms with Gasteiger partial charge >= 0.3 is 0 Å². The Morgan fingerprint density at radius 1 is 1.00 bits per heavy atom. The van der Waals surface area contributed by atoms with Gasteiger partial charge in [-0.1, -0.05) is 42.0 Å². The van der Waals surface area contributed by atoms with Crippen LogP contribution < -0.4 is 10.1 Å². The second-order valence-corrected chi connectivity index (χ2v) is 4.77. The monoisotopic (exact) mass is 335 g/mol. The van der Waals surface area contributed by atoms with Crippen LogP contribution in [0.4, 0.5) is 0 Å². The molecule has 2 nitrogen and oxygen atoms in total. The minimum atomic E-state index is 0. The van der Waals surface area contributed by atoms with Gasteiger partial charge in [0, 0.05) is 6.54 Å². The number of ether oxygens (including phenoxy) is 1. The van der Waals surface area contributed by atoms with Crippen molar-refractivity contribution >= 4 is 17.0 Å². The minimum absolute atomic E-state index is 0. The predicted molar refractivity (Wildman–Crippen MR) is 89.9 cm³/mol. The second-order valence-electron chi connectivity index (χ2n) is 4.77. The van der Waals surface area contributed by atoms with Gasteiger partial charge in [0.25, 0.3) is 0 Å². The zero-order chi connectivity index (χ0) is 13.5. The molecule has 3 heteroatoms. The highest BCUT2D eigenvalue weighted by molar-refractivity contribution is 8.93. The van der Waals surface area contributed by atoms with Gasteiger partial charge in [0.1, 0.15) is 5.75 Å². The Balaban J connectivity index is 0.00000200. The zero-order valence-electron chi connectivity index (χ0n) is 12.1. The molecule has 0 aliphatic rings. The van der Waals surface area contributed by atoms with Crippen LogP contribution in [0.25, 0.3) is 0 Å². The van der Waals surface area contributed by atoms with Crippen molar-refractivity contribution in [2.24, 2.45) is 0 Å². The first kappa shape index (κ1) is 16.7. The fraction of sp³-hybridized carbons (Fsp3) is 0.294. The fourth-order valence-corrected chi connectivity index (χ4v) is 2.12. The Hall–Kier alpha value is -1.32. The molecular formula is C17H22BrNO. The average Bonchev–Trinajstić information content (AvgIpc) is 2.44. The molecule has 2 aromatic carbocycles. The highest BCUT2D eigenvalue weighted by Crippen LogP contribution is 2.12. The van der Waals surface area contributed by atoms with E-state index in [2.05, 4.69) is 48.6 Å². The molecule has 2 rings (SSSR count). The Morgan fingerprint density at radius 2 is 1.75 bits per heavy atom. The van der Waals surface area contributed by atoms with Gasteiger partial charge in [0.05, 0.1) is 7.11 Å². The molecule has 0 bridgehead atoms. The van der Waals surface area contributed by atoms with Gasteiger partial charge in [-0.15, -0.1) is 17.0 Å². The van der Waals surface area contributed by atoms with Gasteiger partial charge in [-0.05, 0) is 43.1 Å². The third-order valence-electron chi connectivity index (χ3n) is 3.14. The van der Waals surface area contributed by atoms with Crippen molar-refractivity contribution in [2.45, 2.75) is 19.9 Å². The highest BCUT2D eigenvalue weighted by Gasteiger charge is 1.97. The van der Waals surface area contributed by atoms with E-state index in [0.29, 0.717) is 0 Å². The molecule has 0 heterocycles. The third-order valence-corrected chi connectivity index (χ3v) is 3.14. The molecule has 0 saturated heterocycles. The molecule has 0 aromatic heterocycles. The Kier molecular flexibility index (Phi) is 7.34. The van der Waals surface area contributed by atoms with Crippen molar-refractivity contribution < 1.29 is 4.74 Å². The number of hydrogen-bond donors (Lipinski definition) is 1. The van der Waals surface area contributed by atoms with Gasteiger partial charge < -0.3 is 10.1 Å². The summed E-state index contributed by atoms with van der Waals surface area (Å²) in [6.45, 7) is 4.02. The number of hydrogen-bond acceptors (Lipinski definition) is 2. The number of benzene rings is 2. The smallest absolute Gasteiger partial charge is 0.119 e. The first-order valence-corrected chi connectivity index (χ1v) is 6.67. The molecule has 0 amide bonds. The Labute approximate surface area is 131 Å². The SMILES string of the molecule is Br.COc1cccc(CCNCc2cccc(C)c2)c1. The van der Waals surface area contributed by atoms with Crippen molar-refractivity contribution in [3.05, 3.63) is 65.2 Å². The maximum Gasteiger partial charge on any atom is 0.119 e. The molecule has 0 atom stereocenters. The number of rotatable bonds is 6. The number of nitrogens with one attached hydrogen (secondary N) is 1. The molecule has 1 N–H and O–H groups in total. The first-order valence-electron chi connectivity index (χ1n) is 6.67. The number of methoxy groups -OCH3 is 1. The quantitative estimate of drug-likeness (QED) is 0.808. The van der Waals surface area contributed by atoms with Crippen LogP contribution in [-0.4, -0.2) is 13.7 Å². The standard InChI is InChI=1S/C17H21NO.BrH/c1-14-5-3-7-16(11-14)13-18-10-9-15-6-4-8-17(12-15)19-2;/h3-8,11-12,18H,9-10,13H2,1-2H3;1H. The van der Waals surface area contributed by atoms with Crippen molar-refractivity contribution in [3.63, 3.8) is 0 Å². The summed E-state index contributed by atoms with van der Waals surface area (Å²) < 4.78 is 5.22. The fourth-order valence-electron chi connectivity index (χ4n) is 2.12. The van der Waals surface area contributed by atoms with E-state index in [1.54, 1.807) is 7.11 Å². The molecule has 0 radical (unpaired) electrons. The van der Waals surface area contributed by atoms with E-state index in [1.165, 1.54) is 16.7 Å². The van der Waals surface area contributed by atoms with Crippen LogP contribution in [-0.2, 0) is 13.0 Å². The molecule has 2 aromatic rings. The lowest BCUT2D eigenvalue weighted by atomic mass is 10.1. The summed E-state index contributed by atoms with van der Waals surface area (Å²) in [6.07, 6.45) is 1.02. The zero-order valence-corrected chi connectivity index (χ0v) is 13.8. The average molecular weight is 336 g/mol. The molecule has 0 spiro atoms. The largest absolute Gasteiger partial charge is 0.497 e. The summed E-state index contributed by atoms with van der Waals surface area (Å²) in [4.78, 5) is 0. The Morgan fingerprint density at radius 3 is 2.50 bits per heavy atom. The number of aryl methyl sites for hydroxylation is 1. The lowest BCUT2D eigenvalue weighted by Gasteiger charge is -2.07. The van der Waals surface area contributed by atoms with Crippen LogP contribution >= 0.6 is 17.0 Å². The van der Waals surface area contributed by atoms with Gasteiger partial charge in [-0.25, -0.2) is 0 Å².